The van der Waals surface area contributed by atoms with Crippen molar-refractivity contribution in [3.8, 4) is 0 Å². The number of hydrogen-bond acceptors (Lipinski definition) is 1. The largest absolute Gasteiger partial charge is 0.416 e. The van der Waals surface area contributed by atoms with E-state index in [1.54, 1.807) is 12.1 Å². The van der Waals surface area contributed by atoms with Gasteiger partial charge in [0.25, 0.3) is 0 Å². The fraction of sp³-hybridized carbons (Fsp3) is 0.600. The number of halogens is 3. The average Bonchev–Trinajstić information content (AvgIpc) is 2.64. The summed E-state index contributed by atoms with van der Waals surface area (Å²) in [7, 11) is 0. The van der Waals surface area contributed by atoms with Gasteiger partial charge in [-0.05, 0) is 43.5 Å². The lowest BCUT2D eigenvalue weighted by atomic mass is 9.83. The minimum atomic E-state index is -4.26. The molecule has 0 saturated carbocycles. The van der Waals surface area contributed by atoms with Crippen molar-refractivity contribution in [1.29, 1.82) is 0 Å². The molecule has 1 heterocycles. The Morgan fingerprint density at radius 2 is 1.79 bits per heavy atom. The molecule has 106 valence electrons. The van der Waals surface area contributed by atoms with Gasteiger partial charge in [0, 0.05) is 5.54 Å². The molecule has 1 atom stereocenters. The van der Waals surface area contributed by atoms with E-state index in [2.05, 4.69) is 12.2 Å². The maximum absolute atomic E-state index is 12.6. The fourth-order valence-corrected chi connectivity index (χ4v) is 2.88. The van der Waals surface area contributed by atoms with Gasteiger partial charge in [0.2, 0.25) is 0 Å². The summed E-state index contributed by atoms with van der Waals surface area (Å²) < 4.78 is 37.8. The summed E-state index contributed by atoms with van der Waals surface area (Å²) in [6.07, 6.45) is 1.10. The lowest BCUT2D eigenvalue weighted by Crippen LogP contribution is -2.41. The summed E-state index contributed by atoms with van der Waals surface area (Å²) in [5, 5.41) is 3.54. The van der Waals surface area contributed by atoms with Gasteiger partial charge in [-0.2, -0.15) is 13.2 Å². The normalized spacial score (nSPS) is 25.1. The van der Waals surface area contributed by atoms with Gasteiger partial charge in [-0.25, -0.2) is 0 Å². The summed E-state index contributed by atoms with van der Waals surface area (Å²) in [4.78, 5) is 0. The van der Waals surface area contributed by atoms with Gasteiger partial charge in [0.1, 0.15) is 0 Å². The molecule has 1 nitrogen and oxygen atoms in total. The topological polar surface area (TPSA) is 12.0 Å². The number of nitrogens with one attached hydrogen (secondary N) is 1. The van der Waals surface area contributed by atoms with Crippen molar-refractivity contribution in [3.63, 3.8) is 0 Å². The van der Waals surface area contributed by atoms with Crippen molar-refractivity contribution in [2.45, 2.75) is 50.7 Å². The van der Waals surface area contributed by atoms with Crippen molar-refractivity contribution in [1.82, 2.24) is 5.32 Å². The highest BCUT2D eigenvalue weighted by Gasteiger charge is 2.33. The Labute approximate surface area is 112 Å². The van der Waals surface area contributed by atoms with Gasteiger partial charge in [0.15, 0.2) is 0 Å². The summed E-state index contributed by atoms with van der Waals surface area (Å²) in [6.45, 7) is 3.03. The van der Waals surface area contributed by atoms with Crippen molar-refractivity contribution in [2.24, 2.45) is 0 Å². The van der Waals surface area contributed by atoms with E-state index in [0.717, 1.165) is 37.8 Å². The maximum Gasteiger partial charge on any atom is 0.416 e. The summed E-state index contributed by atoms with van der Waals surface area (Å²) in [5.41, 5.74) is 0.252. The third-order valence-corrected chi connectivity index (χ3v) is 4.11. The quantitative estimate of drug-likeness (QED) is 0.836. The highest BCUT2D eigenvalue weighted by Crippen LogP contribution is 2.35. The molecule has 1 aromatic rings. The van der Waals surface area contributed by atoms with Crippen LogP contribution in [0, 0.1) is 0 Å². The van der Waals surface area contributed by atoms with E-state index < -0.39 is 11.7 Å². The molecule has 0 aromatic heterocycles. The lowest BCUT2D eigenvalue weighted by Gasteiger charge is -2.33. The van der Waals surface area contributed by atoms with Crippen LogP contribution in [0.3, 0.4) is 0 Å². The van der Waals surface area contributed by atoms with Gasteiger partial charge in [-0.15, -0.1) is 0 Å². The average molecular weight is 271 g/mol. The predicted octanol–water partition coefficient (Wildman–Crippen LogP) is 4.47. The van der Waals surface area contributed by atoms with Crippen molar-refractivity contribution < 1.29 is 13.2 Å². The number of hydrogen-bond donors (Lipinski definition) is 1. The zero-order chi connectivity index (χ0) is 13.9. The van der Waals surface area contributed by atoms with Gasteiger partial charge in [-0.3, -0.25) is 0 Å². The summed E-state index contributed by atoms with van der Waals surface area (Å²) in [6, 6.07) is 5.65. The SMILES string of the molecule is CCC1(c2ccc(C(F)(F)F)cc2)CCCCCN1. The van der Waals surface area contributed by atoms with Crippen LogP contribution in [-0.4, -0.2) is 6.54 Å². The van der Waals surface area contributed by atoms with Crippen LogP contribution in [0.2, 0.25) is 0 Å². The Bertz CT molecular complexity index is 400. The van der Waals surface area contributed by atoms with Gasteiger partial charge in [-0.1, -0.05) is 31.9 Å². The Balaban J connectivity index is 2.28. The van der Waals surface area contributed by atoms with Crippen LogP contribution in [0.25, 0.3) is 0 Å². The van der Waals surface area contributed by atoms with Crippen molar-refractivity contribution >= 4 is 0 Å². The fourth-order valence-electron chi connectivity index (χ4n) is 2.88. The molecule has 1 aliphatic rings. The molecule has 0 radical (unpaired) electrons. The highest BCUT2D eigenvalue weighted by molar-refractivity contribution is 5.30. The van der Waals surface area contributed by atoms with E-state index in [1.165, 1.54) is 18.6 Å². The Morgan fingerprint density at radius 3 is 2.37 bits per heavy atom. The van der Waals surface area contributed by atoms with E-state index >= 15 is 0 Å². The van der Waals surface area contributed by atoms with Gasteiger partial charge < -0.3 is 5.32 Å². The molecule has 2 rings (SSSR count). The molecule has 0 spiro atoms. The molecule has 1 saturated heterocycles. The van der Waals surface area contributed by atoms with E-state index in [4.69, 9.17) is 0 Å². The van der Waals surface area contributed by atoms with Gasteiger partial charge >= 0.3 is 6.18 Å². The molecule has 1 aliphatic heterocycles. The molecule has 1 fully saturated rings. The third kappa shape index (κ3) is 3.11. The van der Waals surface area contributed by atoms with Crippen LogP contribution >= 0.6 is 0 Å². The van der Waals surface area contributed by atoms with Crippen molar-refractivity contribution in [2.75, 3.05) is 6.54 Å². The van der Waals surface area contributed by atoms with Crippen LogP contribution in [-0.2, 0) is 11.7 Å². The van der Waals surface area contributed by atoms with E-state index in [1.807, 2.05) is 0 Å². The van der Waals surface area contributed by atoms with E-state index in [-0.39, 0.29) is 5.54 Å². The summed E-state index contributed by atoms with van der Waals surface area (Å²) >= 11 is 0. The zero-order valence-corrected chi connectivity index (χ0v) is 11.2. The van der Waals surface area contributed by atoms with Gasteiger partial charge in [0.05, 0.1) is 5.56 Å². The van der Waals surface area contributed by atoms with Crippen LogP contribution in [0.15, 0.2) is 24.3 Å². The molecule has 1 aromatic carbocycles. The second kappa shape index (κ2) is 5.53. The maximum atomic E-state index is 12.6. The second-order valence-electron chi connectivity index (χ2n) is 5.25. The molecule has 0 amide bonds. The van der Waals surface area contributed by atoms with Crippen LogP contribution < -0.4 is 5.32 Å². The highest BCUT2D eigenvalue weighted by atomic mass is 19.4. The van der Waals surface area contributed by atoms with Crippen LogP contribution in [0.4, 0.5) is 13.2 Å². The Kier molecular flexibility index (Phi) is 4.19. The molecular weight excluding hydrogens is 251 g/mol. The minimum Gasteiger partial charge on any atom is -0.307 e. The molecule has 4 heteroatoms. The smallest absolute Gasteiger partial charge is 0.307 e. The third-order valence-electron chi connectivity index (χ3n) is 4.11. The standard InChI is InChI=1S/C15H20F3N/c1-2-14(10-4-3-5-11-19-14)12-6-8-13(9-7-12)15(16,17)18/h6-9,19H,2-5,10-11H2,1H3. The van der Waals surface area contributed by atoms with Crippen LogP contribution in [0.5, 0.6) is 0 Å². The second-order valence-corrected chi connectivity index (χ2v) is 5.25. The first-order chi connectivity index (χ1) is 8.98. The monoisotopic (exact) mass is 271 g/mol. The molecule has 1 N–H and O–H groups in total. The molecular formula is C15H20F3N. The lowest BCUT2D eigenvalue weighted by molar-refractivity contribution is -0.137. The molecule has 19 heavy (non-hydrogen) atoms. The first-order valence-corrected chi connectivity index (χ1v) is 6.91. The molecule has 1 unspecified atom stereocenters. The van der Waals surface area contributed by atoms with E-state index in [0.29, 0.717) is 0 Å². The number of benzene rings is 1. The minimum absolute atomic E-state index is 0.152. The Morgan fingerprint density at radius 1 is 1.11 bits per heavy atom. The molecule has 0 aliphatic carbocycles. The number of rotatable bonds is 2. The number of alkyl halides is 3. The molecule has 0 bridgehead atoms. The summed E-state index contributed by atoms with van der Waals surface area (Å²) in [5.74, 6) is 0. The predicted molar refractivity (Wildman–Crippen MR) is 69.9 cm³/mol. The zero-order valence-electron chi connectivity index (χ0n) is 11.2. The van der Waals surface area contributed by atoms with Crippen molar-refractivity contribution in [3.05, 3.63) is 35.4 Å². The first-order valence-electron chi connectivity index (χ1n) is 6.91. The van der Waals surface area contributed by atoms with Crippen LogP contribution in [0.1, 0.15) is 50.2 Å². The Hall–Kier alpha value is -1.03. The first kappa shape index (κ1) is 14.4. The van der Waals surface area contributed by atoms with E-state index in [9.17, 15) is 13.2 Å².